The molecule has 1 unspecified atom stereocenters. The highest BCUT2D eigenvalue weighted by Crippen LogP contribution is 2.63. The molecule has 1 atom stereocenters. The van der Waals surface area contributed by atoms with Crippen molar-refractivity contribution in [2.24, 2.45) is 0 Å². The SMILES string of the molecule is [2H]c1c([2H])c([2H])c(-c2ccc3c(c2)N(c2cc(-c4ccccc4)cc(-c4ccccc4)c2)c2cc(-n4c5ccc(C(C)(C)C)cc5c5cc(C(C)(C)C)ccc54)cc4c2C3c2ccc(-n3c5c([2H])c([2H])c([2H])c([2H])c5c5c([2H])c([2H])c([2H])c([2H])c53)cc2N4c2cccc3c2oc2c(C4c5c([2H])c([2H])c([2H])c([2H])c5-c5c([2H])c([2H])c([2H])c([2H])c54)cccc23)c([2H])c1[2H]. The monoisotopic (exact) mass is 1370 g/mol. The van der Waals surface area contributed by atoms with Crippen LogP contribution in [0.15, 0.2) is 331 Å². The van der Waals surface area contributed by atoms with Crippen molar-refractivity contribution in [1.82, 2.24) is 9.13 Å². The number of anilines is 6. The molecular formula is C100H74N4O. The largest absolute Gasteiger partial charge is 0.454 e. The van der Waals surface area contributed by atoms with Gasteiger partial charge in [0.1, 0.15) is 5.58 Å². The number of fused-ring (bicyclic) bond motifs is 16. The molecule has 5 heteroatoms. The molecule has 0 spiro atoms. The molecule has 18 aromatic rings. The molecule has 500 valence electrons. The Bertz CT molecular complexity index is 7670. The maximum Gasteiger partial charge on any atom is 0.159 e. The standard InChI is InChI=1S/C100H74N4O/c1-99(2,3)67-45-50-87-83(56-67)84-57-68(100(4,5)6)46-51-88(84)102(87)71-59-92-96-93(60-71)104(89-43-25-39-79-78-38-24-40-82(97(78)105-98(79)89)94-76-36-18-16-32-72(76)73-33-17-19-37-77(73)94)91-58-69(101-85-41-22-20-34-74(85)75-35-21-23-42-86(75)101)47-49-81(91)95(96)80-48-44-64(61-26-10-7-11-27-61)55-90(80)103(92)70-53-65(62-28-12-8-13-29-62)52-66(54-70)63-30-14-9-15-31-63/h7-60,94-95H,1-6H3/i7D,10D,11D,16D,17D,18D,19D,20D,21D,22D,23D,26D,27D,32D,33D,34D,35D,36D,37D,41D,42D. The van der Waals surface area contributed by atoms with E-state index in [2.05, 4.69) is 123 Å². The van der Waals surface area contributed by atoms with Crippen molar-refractivity contribution in [3.8, 4) is 55.9 Å². The van der Waals surface area contributed by atoms with Crippen molar-refractivity contribution in [3.05, 3.63) is 372 Å². The van der Waals surface area contributed by atoms with E-state index in [9.17, 15) is 16.4 Å². The van der Waals surface area contributed by atoms with E-state index in [0.29, 0.717) is 72.8 Å². The number of para-hydroxylation sites is 4. The lowest BCUT2D eigenvalue weighted by atomic mass is 9.75. The molecule has 105 heavy (non-hydrogen) atoms. The molecule has 5 nitrogen and oxygen atoms in total. The van der Waals surface area contributed by atoms with Gasteiger partial charge in [0.25, 0.3) is 0 Å². The number of hydrogen-bond acceptors (Lipinski definition) is 3. The number of benzene rings is 15. The zero-order valence-electron chi connectivity index (χ0n) is 78.9. The highest BCUT2D eigenvalue weighted by molar-refractivity contribution is 6.15. The van der Waals surface area contributed by atoms with Gasteiger partial charge < -0.3 is 23.4 Å². The topological polar surface area (TPSA) is 29.5 Å². The van der Waals surface area contributed by atoms with Crippen molar-refractivity contribution < 1.29 is 33.2 Å². The molecule has 0 saturated heterocycles. The van der Waals surface area contributed by atoms with Gasteiger partial charge in [0.15, 0.2) is 5.58 Å². The number of rotatable bonds is 8. The van der Waals surface area contributed by atoms with Crippen LogP contribution in [0.5, 0.6) is 0 Å². The minimum Gasteiger partial charge on any atom is -0.454 e. The average molecular weight is 1370 g/mol. The van der Waals surface area contributed by atoms with Gasteiger partial charge in [-0.2, -0.15) is 0 Å². The van der Waals surface area contributed by atoms with E-state index < -0.39 is 139 Å². The highest BCUT2D eigenvalue weighted by Gasteiger charge is 2.44. The third-order valence-electron chi connectivity index (χ3n) is 21.6. The molecule has 1 aliphatic carbocycles. The van der Waals surface area contributed by atoms with Gasteiger partial charge in [-0.1, -0.05) is 278 Å². The van der Waals surface area contributed by atoms with E-state index in [1.807, 2.05) is 109 Å². The van der Waals surface area contributed by atoms with Gasteiger partial charge >= 0.3 is 0 Å². The fraction of sp³-hybridized carbons (Fsp3) is 0.100. The summed E-state index contributed by atoms with van der Waals surface area (Å²) in [5, 5.41) is 2.71. The summed E-state index contributed by atoms with van der Waals surface area (Å²) >= 11 is 0. The summed E-state index contributed by atoms with van der Waals surface area (Å²) in [5.74, 6) is -2.11. The fourth-order valence-corrected chi connectivity index (χ4v) is 16.7. The third kappa shape index (κ3) is 9.33. The molecule has 2 aliphatic heterocycles. The van der Waals surface area contributed by atoms with Gasteiger partial charge in [0.2, 0.25) is 0 Å². The normalized spacial score (nSPS) is 16.8. The van der Waals surface area contributed by atoms with E-state index >= 15 is 0 Å². The second-order valence-electron chi connectivity index (χ2n) is 29.6. The van der Waals surface area contributed by atoms with Gasteiger partial charge in [-0.25, -0.2) is 0 Å². The Morgan fingerprint density at radius 3 is 1.41 bits per heavy atom. The van der Waals surface area contributed by atoms with Crippen LogP contribution in [0.2, 0.25) is 0 Å². The van der Waals surface area contributed by atoms with E-state index in [1.54, 1.807) is 24.3 Å². The van der Waals surface area contributed by atoms with Crippen LogP contribution in [0.3, 0.4) is 0 Å². The maximum absolute atomic E-state index is 9.88. The van der Waals surface area contributed by atoms with Crippen LogP contribution in [0.1, 0.15) is 127 Å². The number of aromatic nitrogens is 2. The quantitative estimate of drug-likeness (QED) is 0.152. The average Bonchev–Trinajstić information content (AvgIpc) is 1.02. The Labute approximate surface area is 640 Å². The first kappa shape index (κ1) is 43.3. The smallest absolute Gasteiger partial charge is 0.159 e. The molecule has 3 aromatic heterocycles. The minimum atomic E-state index is -1.26. The molecule has 0 N–H and O–H groups in total. The maximum atomic E-state index is 9.88. The first-order valence-electron chi connectivity index (χ1n) is 45.7. The number of nitrogens with zero attached hydrogens (tertiary/aromatic N) is 4. The van der Waals surface area contributed by atoms with Crippen molar-refractivity contribution in [2.45, 2.75) is 64.2 Å². The molecular weight excluding hydrogens is 1270 g/mol. The zero-order valence-corrected chi connectivity index (χ0v) is 57.9. The predicted molar refractivity (Wildman–Crippen MR) is 439 cm³/mol. The lowest BCUT2D eigenvalue weighted by Crippen LogP contribution is -2.30. The van der Waals surface area contributed by atoms with E-state index in [1.165, 1.54) is 4.57 Å². The predicted octanol–water partition coefficient (Wildman–Crippen LogP) is 27.3. The Balaban J connectivity index is 0.951. The summed E-state index contributed by atoms with van der Waals surface area (Å²) in [6.45, 7) is 13.1. The number of hydrogen-bond donors (Lipinski definition) is 0. The summed E-state index contributed by atoms with van der Waals surface area (Å²) in [4.78, 5) is 4.27. The van der Waals surface area contributed by atoms with Gasteiger partial charge in [-0.05, 0) is 180 Å². The Morgan fingerprint density at radius 1 is 0.286 bits per heavy atom. The molecule has 15 aromatic carbocycles. The Kier molecular flexibility index (Phi) is 9.44. The van der Waals surface area contributed by atoms with Gasteiger partial charge in [0, 0.05) is 66.7 Å². The number of furan rings is 1. The van der Waals surface area contributed by atoms with Crippen LogP contribution in [0.4, 0.5) is 34.1 Å². The van der Waals surface area contributed by atoms with Crippen LogP contribution in [0, 0.1) is 0 Å². The van der Waals surface area contributed by atoms with E-state index in [-0.39, 0.29) is 77.3 Å². The lowest BCUT2D eigenvalue weighted by molar-refractivity contribution is 0.590. The summed E-state index contributed by atoms with van der Waals surface area (Å²) in [5.41, 5.74) is 13.5. The van der Waals surface area contributed by atoms with Crippen LogP contribution < -0.4 is 9.80 Å². The summed E-state index contributed by atoms with van der Waals surface area (Å²) in [6, 6.07) is 55.0. The summed E-state index contributed by atoms with van der Waals surface area (Å²) in [7, 11) is 0. The van der Waals surface area contributed by atoms with Crippen LogP contribution in [-0.2, 0) is 10.8 Å². The molecule has 0 fully saturated rings. The van der Waals surface area contributed by atoms with Crippen molar-refractivity contribution in [1.29, 1.82) is 0 Å². The Hall–Kier alpha value is -12.7. The first-order chi connectivity index (χ1) is 60.1. The first-order valence-corrected chi connectivity index (χ1v) is 35.2. The van der Waals surface area contributed by atoms with Crippen LogP contribution in [-0.4, -0.2) is 9.13 Å². The minimum absolute atomic E-state index is 0.0349. The highest BCUT2D eigenvalue weighted by atomic mass is 16.3. The molecule has 5 heterocycles. The molecule has 0 saturated carbocycles. The van der Waals surface area contributed by atoms with Gasteiger partial charge in [0.05, 0.1) is 85.0 Å². The van der Waals surface area contributed by atoms with Gasteiger partial charge in [-0.3, -0.25) is 0 Å². The van der Waals surface area contributed by atoms with Crippen molar-refractivity contribution >= 4 is 99.7 Å². The summed E-state index contributed by atoms with van der Waals surface area (Å²) < 4.78 is 208. The van der Waals surface area contributed by atoms with Gasteiger partial charge in [-0.15, -0.1) is 0 Å². The molecule has 21 rings (SSSR count). The molecule has 0 radical (unpaired) electrons. The van der Waals surface area contributed by atoms with E-state index in [4.69, 9.17) is 16.8 Å². The van der Waals surface area contributed by atoms with Crippen LogP contribution >= 0.6 is 0 Å². The van der Waals surface area contributed by atoms with Crippen molar-refractivity contribution in [3.63, 3.8) is 0 Å². The van der Waals surface area contributed by atoms with Crippen molar-refractivity contribution in [2.75, 3.05) is 9.80 Å². The third-order valence-corrected chi connectivity index (χ3v) is 21.6. The van der Waals surface area contributed by atoms with E-state index in [0.717, 1.165) is 60.8 Å². The zero-order chi connectivity index (χ0) is 88.4. The fourth-order valence-electron chi connectivity index (χ4n) is 16.7. The van der Waals surface area contributed by atoms with Crippen LogP contribution in [0.25, 0.3) is 121 Å². The molecule has 3 aliphatic rings. The second kappa shape index (κ2) is 22.9. The molecule has 0 bridgehead atoms. The summed E-state index contributed by atoms with van der Waals surface area (Å²) in [6.07, 6.45) is 0. The lowest BCUT2D eigenvalue weighted by Gasteiger charge is -2.45. The molecule has 0 amide bonds. The Morgan fingerprint density at radius 2 is 0.800 bits per heavy atom. The second-order valence-corrected chi connectivity index (χ2v) is 29.6.